The van der Waals surface area contributed by atoms with Gasteiger partial charge in [-0.05, 0) is 30.9 Å². The van der Waals surface area contributed by atoms with Gasteiger partial charge in [-0.3, -0.25) is 4.79 Å². The van der Waals surface area contributed by atoms with Crippen LogP contribution in [0.3, 0.4) is 0 Å². The van der Waals surface area contributed by atoms with Crippen molar-refractivity contribution in [1.29, 1.82) is 0 Å². The number of benzene rings is 1. The first-order valence-electron chi connectivity index (χ1n) is 5.87. The third kappa shape index (κ3) is 3.48. The Morgan fingerprint density at radius 2 is 2.41 bits per heavy atom. The van der Waals surface area contributed by atoms with Gasteiger partial charge in [-0.2, -0.15) is 11.8 Å². The number of Topliss-reactive ketones (excluding diaryl/α,β-unsaturated/α-hetero) is 1. The van der Waals surface area contributed by atoms with Crippen LogP contribution in [-0.4, -0.2) is 29.9 Å². The topological polar surface area (TPSA) is 52.3 Å². The highest BCUT2D eigenvalue weighted by molar-refractivity contribution is 7.99. The molecule has 1 saturated heterocycles. The third-order valence-corrected chi connectivity index (χ3v) is 3.85. The van der Waals surface area contributed by atoms with Crippen LogP contribution in [0.4, 0.5) is 0 Å². The van der Waals surface area contributed by atoms with Gasteiger partial charge in [0.25, 0.3) is 0 Å². The van der Waals surface area contributed by atoms with E-state index in [0.717, 1.165) is 23.7 Å². The SMILES string of the molecule is NCCC(=O)c1cccc(OC2CCSC2)c1. The Morgan fingerprint density at radius 1 is 1.53 bits per heavy atom. The van der Waals surface area contributed by atoms with Gasteiger partial charge in [-0.1, -0.05) is 12.1 Å². The van der Waals surface area contributed by atoms with Crippen LogP contribution in [0.5, 0.6) is 5.75 Å². The van der Waals surface area contributed by atoms with Crippen molar-refractivity contribution in [2.24, 2.45) is 5.73 Å². The fourth-order valence-electron chi connectivity index (χ4n) is 1.82. The largest absolute Gasteiger partial charge is 0.490 e. The Labute approximate surface area is 106 Å². The van der Waals surface area contributed by atoms with Crippen LogP contribution in [-0.2, 0) is 0 Å². The fourth-order valence-corrected chi connectivity index (χ4v) is 2.91. The van der Waals surface area contributed by atoms with Crippen LogP contribution in [0.25, 0.3) is 0 Å². The van der Waals surface area contributed by atoms with Crippen molar-refractivity contribution in [3.63, 3.8) is 0 Å². The van der Waals surface area contributed by atoms with E-state index in [-0.39, 0.29) is 5.78 Å². The van der Waals surface area contributed by atoms with Gasteiger partial charge in [-0.25, -0.2) is 0 Å². The van der Waals surface area contributed by atoms with Crippen molar-refractivity contribution in [1.82, 2.24) is 0 Å². The molecule has 0 saturated carbocycles. The molecule has 0 spiro atoms. The molecule has 1 heterocycles. The summed E-state index contributed by atoms with van der Waals surface area (Å²) in [7, 11) is 0. The lowest BCUT2D eigenvalue weighted by molar-refractivity contribution is 0.0984. The molecule has 1 aromatic carbocycles. The van der Waals surface area contributed by atoms with E-state index in [2.05, 4.69) is 0 Å². The molecule has 0 radical (unpaired) electrons. The van der Waals surface area contributed by atoms with E-state index in [4.69, 9.17) is 10.5 Å². The second-order valence-electron chi connectivity index (χ2n) is 4.09. The molecule has 1 aliphatic rings. The minimum absolute atomic E-state index is 0.0822. The lowest BCUT2D eigenvalue weighted by atomic mass is 10.1. The van der Waals surface area contributed by atoms with E-state index < -0.39 is 0 Å². The number of hydrogen-bond acceptors (Lipinski definition) is 4. The van der Waals surface area contributed by atoms with Gasteiger partial charge < -0.3 is 10.5 Å². The molecule has 0 aliphatic carbocycles. The maximum absolute atomic E-state index is 11.7. The summed E-state index contributed by atoms with van der Waals surface area (Å²) < 4.78 is 5.84. The van der Waals surface area contributed by atoms with Crippen molar-refractivity contribution in [3.05, 3.63) is 29.8 Å². The molecular weight excluding hydrogens is 234 g/mol. The predicted molar refractivity (Wildman–Crippen MR) is 70.8 cm³/mol. The molecule has 1 atom stereocenters. The Balaban J connectivity index is 2.02. The van der Waals surface area contributed by atoms with Crippen LogP contribution in [0.15, 0.2) is 24.3 Å². The molecule has 2 rings (SSSR count). The lowest BCUT2D eigenvalue weighted by Crippen LogP contribution is -2.15. The molecule has 1 unspecified atom stereocenters. The van der Waals surface area contributed by atoms with Crippen molar-refractivity contribution in [3.8, 4) is 5.75 Å². The number of carbonyl (C=O) groups excluding carboxylic acids is 1. The molecule has 92 valence electrons. The minimum atomic E-state index is 0.0822. The smallest absolute Gasteiger partial charge is 0.164 e. The van der Waals surface area contributed by atoms with Gasteiger partial charge in [0.1, 0.15) is 11.9 Å². The quantitative estimate of drug-likeness (QED) is 0.814. The van der Waals surface area contributed by atoms with E-state index in [1.165, 1.54) is 0 Å². The first-order chi connectivity index (χ1) is 8.29. The maximum atomic E-state index is 11.7. The molecular formula is C13H17NO2S. The zero-order chi connectivity index (χ0) is 12.1. The second-order valence-corrected chi connectivity index (χ2v) is 5.24. The minimum Gasteiger partial charge on any atom is -0.490 e. The summed E-state index contributed by atoms with van der Waals surface area (Å²) in [6, 6.07) is 7.40. The van der Waals surface area contributed by atoms with Crippen LogP contribution in [0, 0.1) is 0 Å². The first-order valence-corrected chi connectivity index (χ1v) is 7.03. The predicted octanol–water partition coefficient (Wildman–Crippen LogP) is 2.10. The molecule has 1 fully saturated rings. The monoisotopic (exact) mass is 251 g/mol. The molecule has 0 aromatic heterocycles. The third-order valence-electron chi connectivity index (χ3n) is 2.72. The second kappa shape index (κ2) is 6.07. The average molecular weight is 251 g/mol. The number of nitrogens with two attached hydrogens (primary N) is 1. The van der Waals surface area contributed by atoms with Crippen molar-refractivity contribution < 1.29 is 9.53 Å². The Bertz CT molecular complexity index is 389. The summed E-state index contributed by atoms with van der Waals surface area (Å²) in [5.41, 5.74) is 6.08. The van der Waals surface area contributed by atoms with Gasteiger partial charge in [-0.15, -0.1) is 0 Å². The normalized spacial score (nSPS) is 19.2. The zero-order valence-corrected chi connectivity index (χ0v) is 10.5. The molecule has 4 heteroatoms. The molecule has 0 bridgehead atoms. The highest BCUT2D eigenvalue weighted by atomic mass is 32.2. The number of ketones is 1. The van der Waals surface area contributed by atoms with Crippen LogP contribution < -0.4 is 10.5 Å². The van der Waals surface area contributed by atoms with Gasteiger partial charge >= 0.3 is 0 Å². The van der Waals surface area contributed by atoms with Gasteiger partial charge in [0.15, 0.2) is 5.78 Å². The highest BCUT2D eigenvalue weighted by Crippen LogP contribution is 2.23. The summed E-state index contributed by atoms with van der Waals surface area (Å²) >= 11 is 1.91. The van der Waals surface area contributed by atoms with Gasteiger partial charge in [0, 0.05) is 17.7 Å². The number of rotatable bonds is 5. The highest BCUT2D eigenvalue weighted by Gasteiger charge is 2.17. The Morgan fingerprint density at radius 3 is 3.12 bits per heavy atom. The zero-order valence-electron chi connectivity index (χ0n) is 9.72. The number of ether oxygens (including phenoxy) is 1. The standard InChI is InChI=1S/C13H17NO2S/c14-6-4-13(15)10-2-1-3-11(8-10)16-12-5-7-17-9-12/h1-3,8,12H,4-7,9,14H2. The van der Waals surface area contributed by atoms with E-state index in [0.29, 0.717) is 24.6 Å². The number of hydrogen-bond donors (Lipinski definition) is 1. The summed E-state index contributed by atoms with van der Waals surface area (Å²) in [6.07, 6.45) is 1.77. The van der Waals surface area contributed by atoms with E-state index in [1.807, 2.05) is 36.0 Å². The lowest BCUT2D eigenvalue weighted by Gasteiger charge is -2.12. The summed E-state index contributed by atoms with van der Waals surface area (Å²) in [4.78, 5) is 11.7. The number of thioether (sulfide) groups is 1. The van der Waals surface area contributed by atoms with Gasteiger partial charge in [0.2, 0.25) is 0 Å². The molecule has 0 amide bonds. The van der Waals surface area contributed by atoms with Crippen LogP contribution >= 0.6 is 11.8 Å². The maximum Gasteiger partial charge on any atom is 0.164 e. The van der Waals surface area contributed by atoms with E-state index in [1.54, 1.807) is 0 Å². The summed E-state index contributed by atoms with van der Waals surface area (Å²) in [6.45, 7) is 0.392. The van der Waals surface area contributed by atoms with E-state index in [9.17, 15) is 4.79 Å². The molecule has 17 heavy (non-hydrogen) atoms. The Kier molecular flexibility index (Phi) is 4.45. The van der Waals surface area contributed by atoms with Gasteiger partial charge in [0.05, 0.1) is 0 Å². The molecule has 3 nitrogen and oxygen atoms in total. The van der Waals surface area contributed by atoms with Crippen LogP contribution in [0.1, 0.15) is 23.2 Å². The summed E-state index contributed by atoms with van der Waals surface area (Å²) in [5, 5.41) is 0. The van der Waals surface area contributed by atoms with Crippen molar-refractivity contribution in [2.75, 3.05) is 18.1 Å². The summed E-state index contributed by atoms with van der Waals surface area (Å²) in [5.74, 6) is 3.08. The van der Waals surface area contributed by atoms with Crippen molar-refractivity contribution >= 4 is 17.5 Å². The van der Waals surface area contributed by atoms with Crippen molar-refractivity contribution in [2.45, 2.75) is 18.9 Å². The first kappa shape index (κ1) is 12.5. The molecule has 1 aliphatic heterocycles. The molecule has 1 aromatic rings. The fraction of sp³-hybridized carbons (Fsp3) is 0.462. The van der Waals surface area contributed by atoms with Crippen LogP contribution in [0.2, 0.25) is 0 Å². The van der Waals surface area contributed by atoms with E-state index >= 15 is 0 Å². The molecule has 2 N–H and O–H groups in total. The average Bonchev–Trinajstić information content (AvgIpc) is 2.82. The Hall–Kier alpha value is -1.00. The number of carbonyl (C=O) groups is 1.